The lowest BCUT2D eigenvalue weighted by Gasteiger charge is -2.10. The Balaban J connectivity index is 2.47. The first kappa shape index (κ1) is 12.1. The number of aryl methyl sites for hydroxylation is 1. The van der Waals surface area contributed by atoms with Gasteiger partial charge in [-0.15, -0.1) is 0 Å². The van der Waals surface area contributed by atoms with Crippen molar-refractivity contribution in [2.24, 2.45) is 0 Å². The number of rotatable bonds is 1. The number of hydrogen-bond acceptors (Lipinski definition) is 3. The number of nitrogens with zero attached hydrogens (tertiary/aromatic N) is 2. The molecule has 2 aromatic rings. The first-order valence-corrected chi connectivity index (χ1v) is 5.86. The van der Waals surface area contributed by atoms with Crippen LogP contribution in [-0.4, -0.2) is 10.1 Å². The highest BCUT2D eigenvalue weighted by Gasteiger charge is 2.22. The Bertz CT molecular complexity index is 541. The fourth-order valence-corrected chi connectivity index (χ4v) is 1.64. The van der Waals surface area contributed by atoms with E-state index in [0.717, 1.165) is 11.1 Å². The molecule has 3 nitrogen and oxygen atoms in total. The number of aromatic nitrogens is 2. The Morgan fingerprint density at radius 1 is 1.24 bits per heavy atom. The zero-order valence-electron chi connectivity index (χ0n) is 10.4. The summed E-state index contributed by atoms with van der Waals surface area (Å²) in [5.41, 5.74) is 1.77. The van der Waals surface area contributed by atoms with Gasteiger partial charge >= 0.3 is 0 Å². The van der Waals surface area contributed by atoms with Gasteiger partial charge < -0.3 is 4.52 Å². The summed E-state index contributed by atoms with van der Waals surface area (Å²) in [6, 6.07) is 5.74. The molecule has 4 heteroatoms. The van der Waals surface area contributed by atoms with Crippen LogP contribution < -0.4 is 0 Å². The summed E-state index contributed by atoms with van der Waals surface area (Å²) in [6.07, 6.45) is 0. The molecule has 0 bridgehead atoms. The highest BCUT2D eigenvalue weighted by atomic mass is 35.5. The Hall–Kier alpha value is -1.35. The van der Waals surface area contributed by atoms with Gasteiger partial charge in [0, 0.05) is 5.41 Å². The Labute approximate surface area is 106 Å². The zero-order chi connectivity index (χ0) is 12.6. The van der Waals surface area contributed by atoms with Gasteiger partial charge in [-0.05, 0) is 19.1 Å². The molecule has 0 amide bonds. The molecule has 2 rings (SSSR count). The number of halogens is 1. The van der Waals surface area contributed by atoms with Gasteiger partial charge in [-0.2, -0.15) is 4.98 Å². The van der Waals surface area contributed by atoms with Crippen molar-refractivity contribution in [1.82, 2.24) is 10.1 Å². The smallest absolute Gasteiger partial charge is 0.259 e. The summed E-state index contributed by atoms with van der Waals surface area (Å²) in [5.74, 6) is 1.16. The van der Waals surface area contributed by atoms with Gasteiger partial charge in [0.1, 0.15) is 0 Å². The van der Waals surface area contributed by atoms with Crippen LogP contribution in [0, 0.1) is 6.92 Å². The van der Waals surface area contributed by atoms with Gasteiger partial charge in [0.05, 0.1) is 10.6 Å². The Kier molecular flexibility index (Phi) is 2.96. The quantitative estimate of drug-likeness (QED) is 0.768. The van der Waals surface area contributed by atoms with Crippen LogP contribution in [0.5, 0.6) is 0 Å². The maximum atomic E-state index is 6.13. The molecule has 0 spiro atoms. The minimum atomic E-state index is -0.127. The van der Waals surface area contributed by atoms with Gasteiger partial charge in [0.2, 0.25) is 0 Å². The van der Waals surface area contributed by atoms with E-state index in [1.165, 1.54) is 0 Å². The van der Waals surface area contributed by atoms with Crippen LogP contribution in [0.15, 0.2) is 22.7 Å². The van der Waals surface area contributed by atoms with Crippen molar-refractivity contribution in [1.29, 1.82) is 0 Å². The maximum Gasteiger partial charge on any atom is 0.259 e. The standard InChI is InChI=1S/C13H15ClN2O/c1-8-5-6-10(14)9(7-8)11-15-12(16-17-11)13(2,3)4/h5-7H,1-4H3. The fourth-order valence-electron chi connectivity index (χ4n) is 1.44. The molecule has 90 valence electrons. The third-order valence-corrected chi connectivity index (χ3v) is 2.78. The summed E-state index contributed by atoms with van der Waals surface area (Å²) in [4.78, 5) is 4.39. The van der Waals surface area contributed by atoms with Crippen molar-refractivity contribution < 1.29 is 4.52 Å². The summed E-state index contributed by atoms with van der Waals surface area (Å²) < 4.78 is 5.27. The van der Waals surface area contributed by atoms with E-state index in [-0.39, 0.29) is 5.41 Å². The van der Waals surface area contributed by atoms with Crippen LogP contribution in [0.2, 0.25) is 5.02 Å². The molecule has 17 heavy (non-hydrogen) atoms. The van der Waals surface area contributed by atoms with E-state index >= 15 is 0 Å². The first-order chi connectivity index (χ1) is 7.88. The SMILES string of the molecule is Cc1ccc(Cl)c(-c2nc(C(C)(C)C)no2)c1. The van der Waals surface area contributed by atoms with Gasteiger partial charge in [-0.25, -0.2) is 0 Å². The minimum absolute atomic E-state index is 0.127. The fraction of sp³-hybridized carbons (Fsp3) is 0.385. The highest BCUT2D eigenvalue weighted by molar-refractivity contribution is 6.33. The Morgan fingerprint density at radius 3 is 2.53 bits per heavy atom. The normalized spacial score (nSPS) is 11.8. The first-order valence-electron chi connectivity index (χ1n) is 5.48. The molecule has 1 aromatic carbocycles. The average molecular weight is 251 g/mol. The van der Waals surface area contributed by atoms with E-state index < -0.39 is 0 Å². The second-order valence-corrected chi connectivity index (χ2v) is 5.56. The summed E-state index contributed by atoms with van der Waals surface area (Å²) in [6.45, 7) is 8.12. The lowest BCUT2D eigenvalue weighted by Crippen LogP contribution is -2.13. The van der Waals surface area contributed by atoms with E-state index in [0.29, 0.717) is 16.7 Å². The maximum absolute atomic E-state index is 6.13. The van der Waals surface area contributed by atoms with Crippen molar-refractivity contribution in [3.8, 4) is 11.5 Å². The summed E-state index contributed by atoms with van der Waals surface area (Å²) in [7, 11) is 0. The molecule has 0 fully saturated rings. The largest absolute Gasteiger partial charge is 0.334 e. The molecule has 0 N–H and O–H groups in total. The van der Waals surface area contributed by atoms with Crippen LogP contribution in [0.25, 0.3) is 11.5 Å². The molecule has 0 saturated heterocycles. The van der Waals surface area contributed by atoms with Crippen molar-refractivity contribution >= 4 is 11.6 Å². The molecule has 0 aliphatic heterocycles. The third-order valence-electron chi connectivity index (χ3n) is 2.45. The topological polar surface area (TPSA) is 38.9 Å². The van der Waals surface area contributed by atoms with Crippen LogP contribution in [0.3, 0.4) is 0 Å². The van der Waals surface area contributed by atoms with Crippen LogP contribution in [0.1, 0.15) is 32.2 Å². The zero-order valence-corrected chi connectivity index (χ0v) is 11.2. The molecule has 0 unspecified atom stereocenters. The van der Waals surface area contributed by atoms with Crippen molar-refractivity contribution in [2.75, 3.05) is 0 Å². The summed E-state index contributed by atoms with van der Waals surface area (Å²) >= 11 is 6.13. The highest BCUT2D eigenvalue weighted by Crippen LogP contribution is 2.29. The predicted octanol–water partition coefficient (Wildman–Crippen LogP) is 4.00. The van der Waals surface area contributed by atoms with Gasteiger partial charge in [-0.1, -0.05) is 49.2 Å². The number of benzene rings is 1. The average Bonchev–Trinajstić information content (AvgIpc) is 2.70. The minimum Gasteiger partial charge on any atom is -0.334 e. The molecule has 0 atom stereocenters. The molecular formula is C13H15ClN2O. The van der Waals surface area contributed by atoms with Crippen molar-refractivity contribution in [3.05, 3.63) is 34.6 Å². The van der Waals surface area contributed by atoms with E-state index in [1.54, 1.807) is 0 Å². The molecule has 1 aromatic heterocycles. The molecule has 0 radical (unpaired) electrons. The van der Waals surface area contributed by atoms with E-state index in [4.69, 9.17) is 16.1 Å². The van der Waals surface area contributed by atoms with E-state index in [1.807, 2.05) is 45.9 Å². The number of hydrogen-bond donors (Lipinski definition) is 0. The second-order valence-electron chi connectivity index (χ2n) is 5.16. The van der Waals surface area contributed by atoms with Gasteiger partial charge in [-0.3, -0.25) is 0 Å². The van der Waals surface area contributed by atoms with E-state index in [9.17, 15) is 0 Å². The predicted molar refractivity (Wildman–Crippen MR) is 68.2 cm³/mol. The van der Waals surface area contributed by atoms with Crippen molar-refractivity contribution in [2.45, 2.75) is 33.1 Å². The molecule has 0 aliphatic carbocycles. The molecule has 1 heterocycles. The van der Waals surface area contributed by atoms with Crippen LogP contribution in [0.4, 0.5) is 0 Å². The molecule has 0 aliphatic rings. The lowest BCUT2D eigenvalue weighted by molar-refractivity contribution is 0.402. The molecule has 0 saturated carbocycles. The van der Waals surface area contributed by atoms with Gasteiger partial charge in [0.15, 0.2) is 5.82 Å². The Morgan fingerprint density at radius 2 is 1.94 bits per heavy atom. The second kappa shape index (κ2) is 4.15. The van der Waals surface area contributed by atoms with Gasteiger partial charge in [0.25, 0.3) is 5.89 Å². The summed E-state index contributed by atoms with van der Waals surface area (Å²) in [5, 5.41) is 4.61. The van der Waals surface area contributed by atoms with E-state index in [2.05, 4.69) is 10.1 Å². The van der Waals surface area contributed by atoms with Crippen LogP contribution >= 0.6 is 11.6 Å². The molecular weight excluding hydrogens is 236 g/mol. The van der Waals surface area contributed by atoms with Crippen LogP contribution in [-0.2, 0) is 5.41 Å². The third kappa shape index (κ3) is 2.50. The monoisotopic (exact) mass is 250 g/mol. The van der Waals surface area contributed by atoms with Crippen molar-refractivity contribution in [3.63, 3.8) is 0 Å². The lowest BCUT2D eigenvalue weighted by atomic mass is 9.96.